The fourth-order valence-electron chi connectivity index (χ4n) is 2.09. The minimum absolute atomic E-state index is 0.0550. The molecule has 0 aliphatic heterocycles. The summed E-state index contributed by atoms with van der Waals surface area (Å²) >= 11 is 1.02. The molecule has 0 saturated heterocycles. The van der Waals surface area contributed by atoms with Crippen molar-refractivity contribution in [3.63, 3.8) is 0 Å². The summed E-state index contributed by atoms with van der Waals surface area (Å²) in [6.07, 6.45) is 1.15. The van der Waals surface area contributed by atoms with E-state index in [-0.39, 0.29) is 30.8 Å². The first kappa shape index (κ1) is 18.7. The Hall–Kier alpha value is -2.61. The van der Waals surface area contributed by atoms with E-state index in [1.807, 2.05) is 13.8 Å². The quantitative estimate of drug-likeness (QED) is 0.742. The van der Waals surface area contributed by atoms with E-state index in [9.17, 15) is 14.0 Å². The van der Waals surface area contributed by atoms with Crippen LogP contribution in [0.3, 0.4) is 0 Å². The van der Waals surface area contributed by atoms with Crippen molar-refractivity contribution >= 4 is 23.3 Å². The molecule has 132 valence electrons. The zero-order chi connectivity index (χ0) is 18.4. The number of carbonyl (C=O) groups is 2. The molecule has 2 aromatic rings. The molecule has 1 heterocycles. The number of amides is 2. The molecule has 25 heavy (non-hydrogen) atoms. The van der Waals surface area contributed by atoms with Gasteiger partial charge in [0.2, 0.25) is 5.91 Å². The molecule has 2 amide bonds. The molecule has 0 unspecified atom stereocenters. The predicted molar refractivity (Wildman–Crippen MR) is 93.6 cm³/mol. The number of rotatable bonds is 7. The summed E-state index contributed by atoms with van der Waals surface area (Å²) in [5, 5.41) is 9.21. The zero-order valence-corrected chi connectivity index (χ0v) is 14.8. The normalized spacial score (nSPS) is 10.6. The first-order chi connectivity index (χ1) is 11.9. The van der Waals surface area contributed by atoms with E-state index in [1.165, 1.54) is 6.07 Å². The number of nitrogens with zero attached hydrogens (tertiary/aromatic N) is 2. The van der Waals surface area contributed by atoms with E-state index in [2.05, 4.69) is 26.8 Å². The summed E-state index contributed by atoms with van der Waals surface area (Å²) in [4.78, 5) is 23.8. The Morgan fingerprint density at radius 1 is 1.32 bits per heavy atom. The van der Waals surface area contributed by atoms with Crippen LogP contribution in [-0.4, -0.2) is 21.4 Å². The van der Waals surface area contributed by atoms with Crippen molar-refractivity contribution in [3.05, 3.63) is 58.4 Å². The van der Waals surface area contributed by atoms with Crippen LogP contribution in [-0.2, 0) is 17.9 Å². The van der Waals surface area contributed by atoms with Gasteiger partial charge in [0, 0.05) is 18.7 Å². The van der Waals surface area contributed by atoms with Gasteiger partial charge >= 0.3 is 0 Å². The Morgan fingerprint density at radius 3 is 2.72 bits per heavy atom. The molecule has 0 aliphatic rings. The summed E-state index contributed by atoms with van der Waals surface area (Å²) in [6, 6.07) is 4.61. The van der Waals surface area contributed by atoms with Crippen molar-refractivity contribution in [3.8, 4) is 0 Å². The van der Waals surface area contributed by atoms with Crippen LogP contribution < -0.4 is 10.6 Å². The SMILES string of the molecule is C=CC(=O)NCc1ccc(CNC(=O)c2snnc2C(C)C)c(F)c1. The van der Waals surface area contributed by atoms with Crippen LogP contribution >= 0.6 is 11.5 Å². The van der Waals surface area contributed by atoms with Gasteiger partial charge in [0.25, 0.3) is 5.91 Å². The molecule has 2 N–H and O–H groups in total. The van der Waals surface area contributed by atoms with Crippen LogP contribution in [0.5, 0.6) is 0 Å². The van der Waals surface area contributed by atoms with Gasteiger partial charge in [0.15, 0.2) is 0 Å². The molecule has 6 nitrogen and oxygen atoms in total. The summed E-state index contributed by atoms with van der Waals surface area (Å²) in [6.45, 7) is 7.47. The van der Waals surface area contributed by atoms with Crippen LogP contribution in [0.4, 0.5) is 4.39 Å². The predicted octanol–water partition coefficient (Wildman–Crippen LogP) is 2.53. The van der Waals surface area contributed by atoms with Crippen LogP contribution in [0.1, 0.15) is 46.3 Å². The third-order valence-corrected chi connectivity index (χ3v) is 4.22. The van der Waals surface area contributed by atoms with Gasteiger partial charge in [-0.15, -0.1) is 5.10 Å². The maximum Gasteiger partial charge on any atom is 0.265 e. The first-order valence-electron chi connectivity index (χ1n) is 7.70. The number of halogens is 1. The van der Waals surface area contributed by atoms with E-state index >= 15 is 0 Å². The molecule has 0 radical (unpaired) electrons. The highest BCUT2D eigenvalue weighted by atomic mass is 32.1. The van der Waals surface area contributed by atoms with Crippen LogP contribution in [0, 0.1) is 5.82 Å². The lowest BCUT2D eigenvalue weighted by molar-refractivity contribution is -0.116. The maximum atomic E-state index is 14.2. The first-order valence-corrected chi connectivity index (χ1v) is 8.47. The van der Waals surface area contributed by atoms with Crippen molar-refractivity contribution in [2.45, 2.75) is 32.9 Å². The molecular formula is C17H19FN4O2S. The van der Waals surface area contributed by atoms with Crippen molar-refractivity contribution in [2.24, 2.45) is 0 Å². The molecular weight excluding hydrogens is 343 g/mol. The Balaban J connectivity index is 1.98. The minimum Gasteiger partial charge on any atom is -0.348 e. The summed E-state index contributed by atoms with van der Waals surface area (Å²) in [7, 11) is 0. The Labute approximate surface area is 149 Å². The molecule has 2 rings (SSSR count). The summed E-state index contributed by atoms with van der Waals surface area (Å²) in [5.41, 5.74) is 1.61. The Bertz CT molecular complexity index is 789. The highest BCUT2D eigenvalue weighted by Crippen LogP contribution is 2.19. The number of benzene rings is 1. The lowest BCUT2D eigenvalue weighted by atomic mass is 10.1. The molecule has 1 aromatic heterocycles. The molecule has 0 atom stereocenters. The van der Waals surface area contributed by atoms with E-state index in [0.717, 1.165) is 17.6 Å². The van der Waals surface area contributed by atoms with E-state index in [4.69, 9.17) is 0 Å². The van der Waals surface area contributed by atoms with Gasteiger partial charge in [-0.1, -0.05) is 37.0 Å². The van der Waals surface area contributed by atoms with Crippen molar-refractivity contribution < 1.29 is 14.0 Å². The number of hydrogen-bond acceptors (Lipinski definition) is 5. The average molecular weight is 362 g/mol. The molecule has 1 aromatic carbocycles. The maximum absolute atomic E-state index is 14.2. The van der Waals surface area contributed by atoms with Gasteiger partial charge in [-0.2, -0.15) is 0 Å². The van der Waals surface area contributed by atoms with Gasteiger partial charge in [-0.25, -0.2) is 4.39 Å². The highest BCUT2D eigenvalue weighted by molar-refractivity contribution is 7.08. The molecule has 0 aliphatic carbocycles. The van der Waals surface area contributed by atoms with Gasteiger partial charge in [-0.3, -0.25) is 9.59 Å². The number of aromatic nitrogens is 2. The number of carbonyl (C=O) groups excluding carboxylic acids is 2. The highest BCUT2D eigenvalue weighted by Gasteiger charge is 2.18. The summed E-state index contributed by atoms with van der Waals surface area (Å²) in [5.74, 6) is -1.00. The number of nitrogens with one attached hydrogen (secondary N) is 2. The smallest absolute Gasteiger partial charge is 0.265 e. The second-order valence-corrected chi connectivity index (χ2v) is 6.43. The lowest BCUT2D eigenvalue weighted by Crippen LogP contribution is -2.24. The number of hydrogen-bond donors (Lipinski definition) is 2. The second kappa shape index (κ2) is 8.48. The van der Waals surface area contributed by atoms with E-state index < -0.39 is 5.82 Å². The zero-order valence-electron chi connectivity index (χ0n) is 14.0. The van der Waals surface area contributed by atoms with Crippen LogP contribution in [0.2, 0.25) is 0 Å². The van der Waals surface area contributed by atoms with Crippen molar-refractivity contribution in [1.82, 2.24) is 20.2 Å². The third kappa shape index (κ3) is 4.93. The summed E-state index contributed by atoms with van der Waals surface area (Å²) < 4.78 is 18.0. The van der Waals surface area contributed by atoms with E-state index in [1.54, 1.807) is 12.1 Å². The lowest BCUT2D eigenvalue weighted by Gasteiger charge is -2.09. The fourth-order valence-corrected chi connectivity index (χ4v) is 2.83. The Morgan fingerprint density at radius 2 is 2.08 bits per heavy atom. The second-order valence-electron chi connectivity index (χ2n) is 5.67. The Kier molecular flexibility index (Phi) is 6.35. The fraction of sp³-hybridized carbons (Fsp3) is 0.294. The molecule has 0 saturated carbocycles. The molecule has 0 fully saturated rings. The largest absolute Gasteiger partial charge is 0.348 e. The topological polar surface area (TPSA) is 84.0 Å². The van der Waals surface area contributed by atoms with Gasteiger partial charge in [0.1, 0.15) is 10.7 Å². The van der Waals surface area contributed by atoms with Crippen molar-refractivity contribution in [1.29, 1.82) is 0 Å². The minimum atomic E-state index is -0.447. The molecule has 0 bridgehead atoms. The molecule has 0 spiro atoms. The standard InChI is InChI=1S/C17H19FN4O2S/c1-4-14(23)19-8-11-5-6-12(13(18)7-11)9-20-17(24)16-15(10(2)3)21-22-25-16/h4-7,10H,1,8-9H2,2-3H3,(H,19,23)(H,20,24). The monoisotopic (exact) mass is 362 g/mol. The van der Waals surface area contributed by atoms with Crippen LogP contribution in [0.25, 0.3) is 0 Å². The molecule has 8 heteroatoms. The van der Waals surface area contributed by atoms with Gasteiger partial charge in [-0.05, 0) is 35.2 Å². The van der Waals surface area contributed by atoms with Gasteiger partial charge < -0.3 is 10.6 Å². The van der Waals surface area contributed by atoms with Crippen LogP contribution in [0.15, 0.2) is 30.9 Å². The third-order valence-electron chi connectivity index (χ3n) is 3.48. The van der Waals surface area contributed by atoms with Gasteiger partial charge in [0.05, 0.1) is 5.69 Å². The average Bonchev–Trinajstić information content (AvgIpc) is 3.08. The van der Waals surface area contributed by atoms with Crippen molar-refractivity contribution in [2.75, 3.05) is 0 Å². The van der Waals surface area contributed by atoms with E-state index in [0.29, 0.717) is 21.7 Å².